The van der Waals surface area contributed by atoms with Crippen LogP contribution in [-0.2, 0) is 9.84 Å². The summed E-state index contributed by atoms with van der Waals surface area (Å²) in [5.74, 6) is 0.571. The Morgan fingerprint density at radius 3 is 2.57 bits per heavy atom. The maximum Gasteiger partial charge on any atom is 0.151 e. The Labute approximate surface area is 87.5 Å². The minimum Gasteiger partial charge on any atom is -0.312 e. The lowest BCUT2D eigenvalue weighted by molar-refractivity contribution is 0.587. The molecule has 0 aromatic carbocycles. The van der Waals surface area contributed by atoms with E-state index in [0.717, 1.165) is 19.3 Å². The molecule has 0 atom stereocenters. The quantitative estimate of drug-likeness (QED) is 0.470. The average molecular weight is 219 g/mol. The minimum absolute atomic E-state index is 0.241. The van der Waals surface area contributed by atoms with Gasteiger partial charge >= 0.3 is 0 Å². The van der Waals surface area contributed by atoms with Crippen molar-refractivity contribution in [2.24, 2.45) is 0 Å². The fourth-order valence-corrected chi connectivity index (χ4v) is 2.41. The molecule has 0 aromatic rings. The van der Waals surface area contributed by atoms with E-state index in [-0.39, 0.29) is 5.75 Å². The van der Waals surface area contributed by atoms with E-state index in [9.17, 15) is 8.42 Å². The molecule has 3 nitrogen and oxygen atoms in total. The summed E-state index contributed by atoms with van der Waals surface area (Å²) in [7, 11) is -2.83. The predicted octanol–water partition coefficient (Wildman–Crippen LogP) is 1.37. The number of hydrogen-bond acceptors (Lipinski definition) is 3. The van der Waals surface area contributed by atoms with Gasteiger partial charge in [-0.1, -0.05) is 25.8 Å². The molecule has 1 N–H and O–H groups in total. The molecule has 0 spiro atoms. The number of hydrogen-bond donors (Lipinski definition) is 1. The maximum absolute atomic E-state index is 11.4. The SMILES string of the molecule is C=CCNCCS(=O)(=O)CCCCC. The van der Waals surface area contributed by atoms with Gasteiger partial charge in [-0.3, -0.25) is 0 Å². The topological polar surface area (TPSA) is 46.2 Å². The first-order valence-electron chi connectivity index (χ1n) is 5.14. The van der Waals surface area contributed by atoms with Crippen LogP contribution in [0.5, 0.6) is 0 Å². The van der Waals surface area contributed by atoms with Crippen LogP contribution in [0.3, 0.4) is 0 Å². The van der Waals surface area contributed by atoms with E-state index in [1.54, 1.807) is 6.08 Å². The molecule has 0 aliphatic carbocycles. The number of rotatable bonds is 9. The number of unbranched alkanes of at least 4 members (excludes halogenated alkanes) is 2. The van der Waals surface area contributed by atoms with Gasteiger partial charge in [-0.05, 0) is 6.42 Å². The lowest BCUT2D eigenvalue weighted by Gasteiger charge is -2.04. The highest BCUT2D eigenvalue weighted by atomic mass is 32.2. The molecule has 4 heteroatoms. The fourth-order valence-electron chi connectivity index (χ4n) is 1.11. The Bertz CT molecular complexity index is 235. The van der Waals surface area contributed by atoms with E-state index in [4.69, 9.17) is 0 Å². The zero-order valence-electron chi connectivity index (χ0n) is 8.96. The fraction of sp³-hybridized carbons (Fsp3) is 0.800. The smallest absolute Gasteiger partial charge is 0.151 e. The van der Waals surface area contributed by atoms with Crippen LogP contribution in [0.15, 0.2) is 12.7 Å². The van der Waals surface area contributed by atoms with E-state index in [1.165, 1.54) is 0 Å². The van der Waals surface area contributed by atoms with Crippen LogP contribution in [0.25, 0.3) is 0 Å². The molecule has 0 aromatic heterocycles. The van der Waals surface area contributed by atoms with Gasteiger partial charge in [0.1, 0.15) is 0 Å². The molecule has 0 aliphatic heterocycles. The first-order chi connectivity index (χ1) is 6.62. The van der Waals surface area contributed by atoms with Crippen molar-refractivity contribution in [1.82, 2.24) is 5.32 Å². The van der Waals surface area contributed by atoms with Gasteiger partial charge in [0.25, 0.3) is 0 Å². The van der Waals surface area contributed by atoms with Gasteiger partial charge in [0.15, 0.2) is 9.84 Å². The van der Waals surface area contributed by atoms with Gasteiger partial charge in [0, 0.05) is 13.1 Å². The highest BCUT2D eigenvalue weighted by Crippen LogP contribution is 1.99. The predicted molar refractivity (Wildman–Crippen MR) is 61.2 cm³/mol. The van der Waals surface area contributed by atoms with Crippen LogP contribution in [0.2, 0.25) is 0 Å². The van der Waals surface area contributed by atoms with Crippen molar-refractivity contribution in [2.45, 2.75) is 26.2 Å². The monoisotopic (exact) mass is 219 g/mol. The van der Waals surface area contributed by atoms with Crippen molar-refractivity contribution in [1.29, 1.82) is 0 Å². The largest absolute Gasteiger partial charge is 0.312 e. The average Bonchev–Trinajstić information content (AvgIpc) is 2.13. The van der Waals surface area contributed by atoms with Crippen LogP contribution in [-0.4, -0.2) is 33.0 Å². The molecule has 0 rings (SSSR count). The third-order valence-corrected chi connectivity index (χ3v) is 3.67. The molecular weight excluding hydrogens is 198 g/mol. The highest BCUT2D eigenvalue weighted by Gasteiger charge is 2.08. The van der Waals surface area contributed by atoms with Crippen molar-refractivity contribution >= 4 is 9.84 Å². The van der Waals surface area contributed by atoms with Gasteiger partial charge in [-0.25, -0.2) is 8.42 Å². The van der Waals surface area contributed by atoms with Gasteiger partial charge in [0.05, 0.1) is 11.5 Å². The highest BCUT2D eigenvalue weighted by molar-refractivity contribution is 7.91. The second-order valence-corrected chi connectivity index (χ2v) is 5.66. The third kappa shape index (κ3) is 8.26. The summed E-state index contributed by atoms with van der Waals surface area (Å²) in [6.07, 6.45) is 4.58. The summed E-state index contributed by atoms with van der Waals surface area (Å²) in [5, 5.41) is 2.98. The molecule has 84 valence electrons. The standard InChI is InChI=1S/C10H21NO2S/c1-3-5-6-9-14(12,13)10-8-11-7-4-2/h4,11H,2-3,5-10H2,1H3. The van der Waals surface area contributed by atoms with Crippen LogP contribution in [0.4, 0.5) is 0 Å². The van der Waals surface area contributed by atoms with E-state index >= 15 is 0 Å². The van der Waals surface area contributed by atoms with Crippen molar-refractivity contribution in [3.63, 3.8) is 0 Å². The molecule has 0 heterocycles. The molecule has 0 unspecified atom stereocenters. The van der Waals surface area contributed by atoms with Crippen molar-refractivity contribution < 1.29 is 8.42 Å². The maximum atomic E-state index is 11.4. The number of nitrogens with one attached hydrogen (secondary N) is 1. The van der Waals surface area contributed by atoms with E-state index in [0.29, 0.717) is 18.8 Å². The molecule has 0 radical (unpaired) electrons. The zero-order chi connectivity index (χ0) is 10.9. The Kier molecular flexibility index (Phi) is 7.80. The van der Waals surface area contributed by atoms with Crippen LogP contribution >= 0.6 is 0 Å². The van der Waals surface area contributed by atoms with E-state index in [1.807, 2.05) is 0 Å². The molecule has 14 heavy (non-hydrogen) atoms. The summed E-state index contributed by atoms with van der Waals surface area (Å²) in [6.45, 7) is 6.81. The Morgan fingerprint density at radius 2 is 2.00 bits per heavy atom. The second kappa shape index (κ2) is 8.00. The summed E-state index contributed by atoms with van der Waals surface area (Å²) in [5.41, 5.74) is 0. The summed E-state index contributed by atoms with van der Waals surface area (Å²) < 4.78 is 22.8. The van der Waals surface area contributed by atoms with Gasteiger partial charge in [0.2, 0.25) is 0 Å². The second-order valence-electron chi connectivity index (χ2n) is 3.35. The van der Waals surface area contributed by atoms with Gasteiger partial charge < -0.3 is 5.32 Å². The lowest BCUT2D eigenvalue weighted by Crippen LogP contribution is -2.24. The van der Waals surface area contributed by atoms with Crippen LogP contribution in [0.1, 0.15) is 26.2 Å². The normalized spacial score (nSPS) is 11.5. The number of sulfone groups is 1. The Hall–Kier alpha value is -0.350. The summed E-state index contributed by atoms with van der Waals surface area (Å²) in [4.78, 5) is 0. The van der Waals surface area contributed by atoms with E-state index < -0.39 is 9.84 Å². The van der Waals surface area contributed by atoms with Crippen molar-refractivity contribution in [2.75, 3.05) is 24.6 Å². The lowest BCUT2D eigenvalue weighted by atomic mass is 10.3. The molecule has 0 saturated heterocycles. The van der Waals surface area contributed by atoms with Crippen LogP contribution in [0, 0.1) is 0 Å². The Morgan fingerprint density at radius 1 is 1.29 bits per heavy atom. The Balaban J connectivity index is 3.56. The zero-order valence-corrected chi connectivity index (χ0v) is 9.78. The first-order valence-corrected chi connectivity index (χ1v) is 6.96. The molecule has 0 amide bonds. The van der Waals surface area contributed by atoms with Gasteiger partial charge in [-0.2, -0.15) is 0 Å². The summed E-state index contributed by atoms with van der Waals surface area (Å²) >= 11 is 0. The van der Waals surface area contributed by atoms with Gasteiger partial charge in [-0.15, -0.1) is 6.58 Å². The van der Waals surface area contributed by atoms with Crippen LogP contribution < -0.4 is 5.32 Å². The molecule has 0 fully saturated rings. The molecule has 0 saturated carbocycles. The van der Waals surface area contributed by atoms with Crippen molar-refractivity contribution in [3.05, 3.63) is 12.7 Å². The summed E-state index contributed by atoms with van der Waals surface area (Å²) in [6, 6.07) is 0. The third-order valence-electron chi connectivity index (χ3n) is 1.94. The first kappa shape index (κ1) is 13.7. The van der Waals surface area contributed by atoms with E-state index in [2.05, 4.69) is 18.8 Å². The molecule has 0 aliphatic rings. The molecular formula is C10H21NO2S. The molecule has 0 bridgehead atoms. The van der Waals surface area contributed by atoms with Crippen molar-refractivity contribution in [3.8, 4) is 0 Å². The minimum atomic E-state index is -2.83.